The molecule has 2 aliphatic heterocycles. The van der Waals surface area contributed by atoms with E-state index < -0.39 is 21.4 Å². The highest BCUT2D eigenvalue weighted by Gasteiger charge is 2.50. The lowest BCUT2D eigenvalue weighted by Crippen LogP contribution is -2.52. The molecule has 0 spiro atoms. The molecule has 3 rings (SSSR count). The molecule has 8 nitrogen and oxygen atoms in total. The van der Waals surface area contributed by atoms with Gasteiger partial charge in [0, 0.05) is 12.1 Å². The zero-order chi connectivity index (χ0) is 19.8. The van der Waals surface area contributed by atoms with E-state index in [2.05, 4.69) is 5.32 Å². The molecular formula is C18H29N3O5S. The van der Waals surface area contributed by atoms with Crippen LogP contribution < -0.4 is 5.32 Å². The van der Waals surface area contributed by atoms with Gasteiger partial charge in [0.25, 0.3) is 5.91 Å². The Morgan fingerprint density at radius 3 is 2.26 bits per heavy atom. The first-order valence-electron chi connectivity index (χ1n) is 9.88. The van der Waals surface area contributed by atoms with Crippen LogP contribution in [-0.4, -0.2) is 71.7 Å². The van der Waals surface area contributed by atoms with Crippen LogP contribution in [0.2, 0.25) is 0 Å². The fourth-order valence-electron chi connectivity index (χ4n) is 4.65. The third-order valence-corrected chi connectivity index (χ3v) is 8.10. The van der Waals surface area contributed by atoms with E-state index in [4.69, 9.17) is 0 Å². The van der Waals surface area contributed by atoms with Gasteiger partial charge in [0.15, 0.2) is 9.84 Å². The summed E-state index contributed by atoms with van der Waals surface area (Å²) in [4.78, 5) is 40.9. The number of rotatable bonds is 6. The molecule has 2 heterocycles. The van der Waals surface area contributed by atoms with Gasteiger partial charge in [-0.3, -0.25) is 14.5 Å². The molecule has 2 saturated heterocycles. The van der Waals surface area contributed by atoms with E-state index in [1.54, 1.807) is 4.90 Å². The van der Waals surface area contributed by atoms with E-state index in [0.717, 1.165) is 30.6 Å². The molecule has 4 amide bonds. The second kappa shape index (κ2) is 7.41. The fraction of sp³-hybridized carbons (Fsp3) is 0.833. The van der Waals surface area contributed by atoms with Crippen molar-refractivity contribution >= 4 is 27.7 Å². The second-order valence-corrected chi connectivity index (χ2v) is 10.1. The van der Waals surface area contributed by atoms with Crippen molar-refractivity contribution in [3.05, 3.63) is 0 Å². The van der Waals surface area contributed by atoms with Gasteiger partial charge in [-0.05, 0) is 32.1 Å². The van der Waals surface area contributed by atoms with Crippen LogP contribution >= 0.6 is 0 Å². The summed E-state index contributed by atoms with van der Waals surface area (Å²) in [6.07, 6.45) is 5.06. The maximum absolute atomic E-state index is 13.1. The van der Waals surface area contributed by atoms with Gasteiger partial charge >= 0.3 is 6.03 Å². The number of nitrogens with one attached hydrogen (secondary N) is 1. The molecule has 0 aromatic carbocycles. The molecule has 1 saturated carbocycles. The van der Waals surface area contributed by atoms with Crippen LogP contribution in [0.25, 0.3) is 0 Å². The summed E-state index contributed by atoms with van der Waals surface area (Å²) in [5.74, 6) is -0.623. The predicted octanol–water partition coefficient (Wildman–Crippen LogP) is 1.06. The molecule has 27 heavy (non-hydrogen) atoms. The van der Waals surface area contributed by atoms with E-state index in [1.165, 1.54) is 0 Å². The summed E-state index contributed by atoms with van der Waals surface area (Å²) in [6, 6.07) is -0.894. The third-order valence-electron chi connectivity index (χ3n) is 6.35. The molecule has 0 unspecified atom stereocenters. The van der Waals surface area contributed by atoms with E-state index in [9.17, 15) is 22.8 Å². The zero-order valence-electron chi connectivity index (χ0n) is 16.1. The number of sulfone groups is 1. The first kappa shape index (κ1) is 20.1. The summed E-state index contributed by atoms with van der Waals surface area (Å²) < 4.78 is 23.9. The maximum Gasteiger partial charge on any atom is 0.325 e. The maximum atomic E-state index is 13.1. The van der Waals surface area contributed by atoms with Crippen molar-refractivity contribution in [3.8, 4) is 0 Å². The minimum absolute atomic E-state index is 0.00123. The van der Waals surface area contributed by atoms with E-state index >= 15 is 0 Å². The Morgan fingerprint density at radius 2 is 1.78 bits per heavy atom. The molecule has 0 aromatic heterocycles. The smallest absolute Gasteiger partial charge is 0.325 e. The highest BCUT2D eigenvalue weighted by atomic mass is 32.2. The minimum Gasteiger partial charge on any atom is -0.334 e. The van der Waals surface area contributed by atoms with Crippen LogP contribution in [0, 0.1) is 0 Å². The number of amides is 4. The Balaban J connectivity index is 1.79. The summed E-state index contributed by atoms with van der Waals surface area (Å²) in [5, 5.41) is 2.73. The Morgan fingerprint density at radius 1 is 1.15 bits per heavy atom. The predicted molar refractivity (Wildman–Crippen MR) is 99.7 cm³/mol. The molecule has 3 aliphatic rings. The molecule has 1 atom stereocenters. The van der Waals surface area contributed by atoms with Gasteiger partial charge in [0.1, 0.15) is 12.1 Å². The standard InChI is InChI=1S/C18H29N3O5S/c1-3-18(4-2)16(23)20(17(24)19-18)11-15(22)21(13-7-5-6-8-13)14-9-10-27(25,26)12-14/h13-14H,3-12H2,1-2H3,(H,19,24)/t14-/m0/s1. The summed E-state index contributed by atoms with van der Waals surface area (Å²) >= 11 is 0. The zero-order valence-corrected chi connectivity index (χ0v) is 16.9. The topological polar surface area (TPSA) is 104 Å². The number of hydrogen-bond acceptors (Lipinski definition) is 5. The Kier molecular flexibility index (Phi) is 5.52. The molecule has 3 fully saturated rings. The van der Waals surface area contributed by atoms with Gasteiger partial charge in [0.05, 0.1) is 11.5 Å². The average Bonchev–Trinajstić information content (AvgIpc) is 3.31. The Hall–Kier alpha value is -1.64. The van der Waals surface area contributed by atoms with E-state index in [-0.39, 0.29) is 41.9 Å². The first-order valence-corrected chi connectivity index (χ1v) is 11.7. The summed E-state index contributed by atoms with van der Waals surface area (Å²) in [7, 11) is -3.13. The Labute approximate surface area is 160 Å². The summed E-state index contributed by atoms with van der Waals surface area (Å²) in [6.45, 7) is 3.35. The lowest BCUT2D eigenvalue weighted by Gasteiger charge is -2.35. The lowest BCUT2D eigenvalue weighted by molar-refractivity contribution is -0.141. The van der Waals surface area contributed by atoms with Gasteiger partial charge in [0.2, 0.25) is 5.91 Å². The molecular weight excluding hydrogens is 370 g/mol. The van der Waals surface area contributed by atoms with E-state index in [0.29, 0.717) is 19.3 Å². The van der Waals surface area contributed by atoms with Crippen molar-refractivity contribution in [2.45, 2.75) is 76.4 Å². The van der Waals surface area contributed by atoms with Crippen molar-refractivity contribution in [2.75, 3.05) is 18.1 Å². The number of nitrogens with zero attached hydrogens (tertiary/aromatic N) is 2. The van der Waals surface area contributed by atoms with Gasteiger partial charge in [-0.1, -0.05) is 26.7 Å². The fourth-order valence-corrected chi connectivity index (χ4v) is 6.36. The normalized spacial score (nSPS) is 27.2. The third kappa shape index (κ3) is 3.70. The molecule has 1 aliphatic carbocycles. The van der Waals surface area contributed by atoms with Crippen LogP contribution in [0.4, 0.5) is 4.79 Å². The highest BCUT2D eigenvalue weighted by Crippen LogP contribution is 2.30. The van der Waals surface area contributed by atoms with Crippen molar-refractivity contribution in [1.82, 2.24) is 15.1 Å². The lowest BCUT2D eigenvalue weighted by atomic mass is 9.93. The largest absolute Gasteiger partial charge is 0.334 e. The van der Waals surface area contributed by atoms with Crippen molar-refractivity contribution in [1.29, 1.82) is 0 Å². The van der Waals surface area contributed by atoms with Crippen LogP contribution in [-0.2, 0) is 19.4 Å². The average molecular weight is 400 g/mol. The molecule has 9 heteroatoms. The van der Waals surface area contributed by atoms with Gasteiger partial charge < -0.3 is 10.2 Å². The monoisotopic (exact) mass is 399 g/mol. The number of imide groups is 1. The molecule has 152 valence electrons. The molecule has 0 bridgehead atoms. The van der Waals surface area contributed by atoms with Crippen molar-refractivity contribution < 1.29 is 22.8 Å². The van der Waals surface area contributed by atoms with Gasteiger partial charge in [-0.15, -0.1) is 0 Å². The summed E-state index contributed by atoms with van der Waals surface area (Å²) in [5.41, 5.74) is -0.938. The van der Waals surface area contributed by atoms with Crippen molar-refractivity contribution in [3.63, 3.8) is 0 Å². The van der Waals surface area contributed by atoms with E-state index in [1.807, 2.05) is 13.8 Å². The number of urea groups is 1. The van der Waals surface area contributed by atoms with Crippen LogP contribution in [0.5, 0.6) is 0 Å². The number of carbonyl (C=O) groups is 3. The van der Waals surface area contributed by atoms with Gasteiger partial charge in [-0.2, -0.15) is 0 Å². The number of hydrogen-bond donors (Lipinski definition) is 1. The van der Waals surface area contributed by atoms with Crippen LogP contribution in [0.3, 0.4) is 0 Å². The molecule has 0 aromatic rings. The second-order valence-electron chi connectivity index (χ2n) is 7.91. The van der Waals surface area contributed by atoms with Crippen molar-refractivity contribution in [2.24, 2.45) is 0 Å². The quantitative estimate of drug-likeness (QED) is 0.673. The van der Waals surface area contributed by atoms with Crippen LogP contribution in [0.15, 0.2) is 0 Å². The first-order chi connectivity index (χ1) is 12.7. The van der Waals surface area contributed by atoms with Gasteiger partial charge in [-0.25, -0.2) is 13.2 Å². The Bertz CT molecular complexity index is 725. The molecule has 1 N–H and O–H groups in total. The minimum atomic E-state index is -3.13. The number of carbonyl (C=O) groups excluding carboxylic acids is 3. The highest BCUT2D eigenvalue weighted by molar-refractivity contribution is 7.91. The molecule has 0 radical (unpaired) electrons. The van der Waals surface area contributed by atoms with Crippen LogP contribution in [0.1, 0.15) is 58.8 Å². The SMILES string of the molecule is CCC1(CC)NC(=O)N(CC(=O)N(C2CCCC2)[C@H]2CCS(=O)(=O)C2)C1=O.